The van der Waals surface area contributed by atoms with Crippen LogP contribution in [-0.4, -0.2) is 40.7 Å². The van der Waals surface area contributed by atoms with E-state index in [-0.39, 0.29) is 0 Å². The van der Waals surface area contributed by atoms with Crippen LogP contribution in [0.3, 0.4) is 0 Å². The van der Waals surface area contributed by atoms with Crippen LogP contribution >= 0.6 is 11.6 Å². The number of aliphatic hydroxyl groups is 2. The van der Waals surface area contributed by atoms with E-state index in [2.05, 4.69) is 5.32 Å². The smallest absolute Gasteiger partial charge is 0.408 e. The molecule has 0 heterocycles. The Balaban J connectivity index is 1.76. The fourth-order valence-corrected chi connectivity index (χ4v) is 4.51. The molecule has 0 aliphatic carbocycles. The third-order valence-corrected chi connectivity index (χ3v) is 6.35. The van der Waals surface area contributed by atoms with Crippen molar-refractivity contribution < 1.29 is 29.2 Å². The van der Waals surface area contributed by atoms with Crippen molar-refractivity contribution in [2.45, 2.75) is 57.8 Å². The number of rotatable bonds is 11. The molecule has 3 aromatic carbocycles. The molecule has 0 radical (unpaired) electrons. The monoisotopic (exact) mass is 541 g/mol. The number of aliphatic hydroxyl groups excluding tert-OH is 2. The van der Waals surface area contributed by atoms with E-state index in [1.165, 1.54) is 0 Å². The summed E-state index contributed by atoms with van der Waals surface area (Å²) in [4.78, 5) is 12.5. The molecule has 0 aliphatic heterocycles. The van der Waals surface area contributed by atoms with Gasteiger partial charge < -0.3 is 29.7 Å². The van der Waals surface area contributed by atoms with Crippen molar-refractivity contribution in [3.63, 3.8) is 0 Å². The molecule has 0 aromatic heterocycles. The van der Waals surface area contributed by atoms with E-state index < -0.39 is 36.4 Å². The van der Waals surface area contributed by atoms with Crippen LogP contribution < -0.4 is 14.8 Å². The summed E-state index contributed by atoms with van der Waals surface area (Å²) < 4.78 is 17.3. The zero-order chi connectivity index (χ0) is 27.8. The first kappa shape index (κ1) is 29.3. The van der Waals surface area contributed by atoms with Gasteiger partial charge in [-0.2, -0.15) is 0 Å². The molecule has 1 atom stereocenters. The highest BCUT2D eigenvalue weighted by Crippen LogP contribution is 2.38. The zero-order valence-electron chi connectivity index (χ0n) is 22.2. The highest BCUT2D eigenvalue weighted by Gasteiger charge is 2.41. The molecule has 0 fully saturated rings. The highest BCUT2D eigenvalue weighted by molar-refractivity contribution is 6.31. The van der Waals surface area contributed by atoms with Gasteiger partial charge >= 0.3 is 6.09 Å². The summed E-state index contributed by atoms with van der Waals surface area (Å²) >= 11 is 6.67. The number of nitrogens with one attached hydrogen (secondary N) is 1. The Kier molecular flexibility index (Phi) is 10.0. The quantitative estimate of drug-likeness (QED) is 0.258. The van der Waals surface area contributed by atoms with Crippen LogP contribution in [-0.2, 0) is 11.3 Å². The number of hydrogen-bond acceptors (Lipinski definition) is 6. The number of benzene rings is 3. The third kappa shape index (κ3) is 7.87. The van der Waals surface area contributed by atoms with Crippen LogP contribution in [0.25, 0.3) is 0 Å². The van der Waals surface area contributed by atoms with Crippen LogP contribution in [0.15, 0.2) is 72.8 Å². The van der Waals surface area contributed by atoms with Crippen LogP contribution in [0, 0.1) is 0 Å². The first-order chi connectivity index (χ1) is 18.1. The number of halogens is 1. The fraction of sp³-hybridized carbons (Fsp3) is 0.367. The third-order valence-electron chi connectivity index (χ3n) is 6.03. The summed E-state index contributed by atoms with van der Waals surface area (Å²) in [6.07, 6.45) is -0.248. The van der Waals surface area contributed by atoms with Gasteiger partial charge in [-0.05, 0) is 62.6 Å². The lowest BCUT2D eigenvalue weighted by molar-refractivity contribution is 0.0220. The fourth-order valence-electron chi connectivity index (χ4n) is 4.21. The van der Waals surface area contributed by atoms with Crippen molar-refractivity contribution >= 4 is 17.7 Å². The molecule has 3 N–H and O–H groups in total. The predicted octanol–water partition coefficient (Wildman–Crippen LogP) is 6.45. The predicted molar refractivity (Wildman–Crippen MR) is 148 cm³/mol. The Hall–Kier alpha value is -3.26. The average Bonchev–Trinajstić information content (AvgIpc) is 2.88. The minimum Gasteiger partial charge on any atom is -0.489 e. The summed E-state index contributed by atoms with van der Waals surface area (Å²) in [7, 11) is 0. The number of alkyl carbamates (subject to hydrolysis) is 1. The molecule has 204 valence electrons. The Bertz CT molecular complexity index is 1190. The van der Waals surface area contributed by atoms with Crippen LogP contribution in [0.4, 0.5) is 4.79 Å². The van der Waals surface area contributed by atoms with E-state index in [1.54, 1.807) is 45.0 Å². The molecule has 0 aliphatic rings. The van der Waals surface area contributed by atoms with Crippen molar-refractivity contribution in [1.29, 1.82) is 0 Å². The molecular weight excluding hydrogens is 506 g/mol. The van der Waals surface area contributed by atoms with E-state index in [9.17, 15) is 15.0 Å². The largest absolute Gasteiger partial charge is 0.489 e. The van der Waals surface area contributed by atoms with Crippen molar-refractivity contribution in [3.8, 4) is 17.2 Å². The van der Waals surface area contributed by atoms with Gasteiger partial charge in [-0.15, -0.1) is 0 Å². The first-order valence-electron chi connectivity index (χ1n) is 12.6. The van der Waals surface area contributed by atoms with Gasteiger partial charge in [0, 0.05) is 17.0 Å². The maximum absolute atomic E-state index is 12.5. The number of carbonyl (C=O) groups is 1. The Morgan fingerprint density at radius 1 is 0.921 bits per heavy atom. The zero-order valence-corrected chi connectivity index (χ0v) is 23.0. The lowest BCUT2D eigenvalue weighted by Gasteiger charge is -2.39. The Labute approximate surface area is 229 Å². The Morgan fingerprint density at radius 2 is 1.58 bits per heavy atom. The second-order valence-electron chi connectivity index (χ2n) is 10.1. The number of amides is 1. The van der Waals surface area contributed by atoms with Gasteiger partial charge in [0.25, 0.3) is 0 Å². The second kappa shape index (κ2) is 13.0. The van der Waals surface area contributed by atoms with Crippen LogP contribution in [0.1, 0.15) is 51.2 Å². The highest BCUT2D eigenvalue weighted by atomic mass is 35.5. The van der Waals surface area contributed by atoms with Gasteiger partial charge in [-0.25, -0.2) is 4.79 Å². The Morgan fingerprint density at radius 3 is 2.18 bits per heavy atom. The van der Waals surface area contributed by atoms with Gasteiger partial charge in [0.05, 0.1) is 18.8 Å². The standard InChI is InChI=1S/C30H36ClNO6/c1-5-26(30(19-33,20-34)32-28(35)38-29(2,3)4)25-15-14-24(17-27(25)31)37-23-13-9-12-22(16-23)36-18-21-10-7-6-8-11-21/h6-17,26,33-34H,5,18-20H2,1-4H3,(H,32,35). The average molecular weight is 542 g/mol. The number of carbonyl (C=O) groups excluding carboxylic acids is 1. The number of ether oxygens (including phenoxy) is 3. The van der Waals surface area contributed by atoms with E-state index >= 15 is 0 Å². The molecule has 3 rings (SSSR count). The molecule has 0 spiro atoms. The summed E-state index contributed by atoms with van der Waals surface area (Å²) in [5, 5.41) is 23.6. The minimum absolute atomic E-state index is 0.378. The first-order valence-corrected chi connectivity index (χ1v) is 12.9. The van der Waals surface area contributed by atoms with E-state index in [0.29, 0.717) is 40.9 Å². The minimum atomic E-state index is -1.38. The van der Waals surface area contributed by atoms with E-state index in [4.69, 9.17) is 25.8 Å². The van der Waals surface area contributed by atoms with E-state index in [1.807, 2.05) is 55.5 Å². The summed E-state index contributed by atoms with van der Waals surface area (Å²) in [6, 6.07) is 22.4. The van der Waals surface area contributed by atoms with E-state index in [0.717, 1.165) is 5.56 Å². The maximum atomic E-state index is 12.5. The lowest BCUT2D eigenvalue weighted by atomic mass is 9.78. The van der Waals surface area contributed by atoms with Gasteiger partial charge in [-0.3, -0.25) is 0 Å². The van der Waals surface area contributed by atoms with Gasteiger partial charge in [0.1, 0.15) is 29.5 Å². The van der Waals surface area contributed by atoms with Gasteiger partial charge in [-0.1, -0.05) is 61.0 Å². The SMILES string of the molecule is CCC(c1ccc(Oc2cccc(OCc3ccccc3)c2)cc1Cl)C(CO)(CO)NC(=O)OC(C)(C)C. The second-order valence-corrected chi connectivity index (χ2v) is 10.5. The molecule has 3 aromatic rings. The lowest BCUT2D eigenvalue weighted by Crippen LogP contribution is -2.59. The van der Waals surface area contributed by atoms with Crippen molar-refractivity contribution in [3.05, 3.63) is 88.9 Å². The summed E-state index contributed by atoms with van der Waals surface area (Å²) in [5.74, 6) is 1.26. The van der Waals surface area contributed by atoms with Crippen molar-refractivity contribution in [2.24, 2.45) is 0 Å². The van der Waals surface area contributed by atoms with Gasteiger partial charge in [0.2, 0.25) is 0 Å². The molecule has 8 heteroatoms. The maximum Gasteiger partial charge on any atom is 0.408 e. The van der Waals surface area contributed by atoms with Crippen LogP contribution in [0.2, 0.25) is 5.02 Å². The van der Waals surface area contributed by atoms with Crippen molar-refractivity contribution in [1.82, 2.24) is 5.32 Å². The summed E-state index contributed by atoms with van der Waals surface area (Å²) in [6.45, 7) is 6.54. The molecule has 38 heavy (non-hydrogen) atoms. The molecule has 1 unspecified atom stereocenters. The summed E-state index contributed by atoms with van der Waals surface area (Å²) in [5.41, 5.74) is -0.397. The molecule has 0 saturated heterocycles. The molecular formula is C30H36ClNO6. The van der Waals surface area contributed by atoms with Crippen LogP contribution in [0.5, 0.6) is 17.2 Å². The van der Waals surface area contributed by atoms with Gasteiger partial charge in [0.15, 0.2) is 0 Å². The molecule has 0 bridgehead atoms. The topological polar surface area (TPSA) is 97.3 Å². The molecule has 0 saturated carbocycles. The number of hydrogen-bond donors (Lipinski definition) is 3. The molecule has 7 nitrogen and oxygen atoms in total. The molecule has 1 amide bonds. The van der Waals surface area contributed by atoms with Crippen molar-refractivity contribution in [2.75, 3.05) is 13.2 Å². The normalized spacial score (nSPS) is 12.5.